The van der Waals surface area contributed by atoms with Gasteiger partial charge in [-0.1, -0.05) is 0 Å². The minimum absolute atomic E-state index is 0.0467. The monoisotopic (exact) mass is 506 g/mol. The van der Waals surface area contributed by atoms with E-state index in [1.165, 1.54) is 16.0 Å². The van der Waals surface area contributed by atoms with Crippen molar-refractivity contribution in [3.8, 4) is 0 Å². The zero-order valence-corrected chi connectivity index (χ0v) is 20.1. The molecule has 1 aliphatic rings. The number of rotatable bonds is 8. The molecule has 196 valence electrons. The van der Waals surface area contributed by atoms with E-state index in [1.54, 1.807) is 27.8 Å². The van der Waals surface area contributed by atoms with Crippen LogP contribution < -0.4 is 10.6 Å². The number of hydrogen-bond donors (Lipinski definition) is 2. The molecule has 1 unspecified atom stereocenters. The molecule has 0 aliphatic carbocycles. The third-order valence-electron chi connectivity index (χ3n) is 5.12. The highest BCUT2D eigenvalue weighted by Gasteiger charge is 2.29. The maximum atomic E-state index is 14.2. The molecular formula is C23H31F5N4O3. The summed E-state index contributed by atoms with van der Waals surface area (Å²) in [6.45, 7) is 4.80. The molecule has 1 aromatic carbocycles. The smallest absolute Gasteiger partial charge is 0.407 e. The molecule has 1 aliphatic heterocycles. The molecule has 0 radical (unpaired) electrons. The first-order valence-corrected chi connectivity index (χ1v) is 11.1. The summed E-state index contributed by atoms with van der Waals surface area (Å²) in [5, 5.41) is 5.27. The van der Waals surface area contributed by atoms with Crippen molar-refractivity contribution in [2.75, 3.05) is 33.2 Å². The first-order valence-electron chi connectivity index (χ1n) is 11.1. The Morgan fingerprint density at radius 3 is 2.37 bits per heavy atom. The molecule has 0 saturated carbocycles. The molecule has 1 saturated heterocycles. The molecule has 12 heteroatoms. The summed E-state index contributed by atoms with van der Waals surface area (Å²) in [4.78, 5) is 28.3. The fourth-order valence-corrected chi connectivity index (χ4v) is 3.63. The highest BCUT2D eigenvalue weighted by atomic mass is 19.3. The van der Waals surface area contributed by atoms with Crippen LogP contribution in [0.4, 0.5) is 26.7 Å². The molecule has 35 heavy (non-hydrogen) atoms. The zero-order chi connectivity index (χ0) is 26.3. The zero-order valence-electron chi connectivity index (χ0n) is 20.1. The normalized spacial score (nSPS) is 16.5. The molecule has 1 aromatic rings. The number of carbonyl (C=O) groups excluding carboxylic acids is 2. The van der Waals surface area contributed by atoms with Crippen LogP contribution in [0.1, 0.15) is 32.8 Å². The van der Waals surface area contributed by atoms with Gasteiger partial charge in [0.05, 0.1) is 13.1 Å². The summed E-state index contributed by atoms with van der Waals surface area (Å²) in [5.41, 5.74) is -0.592. The molecular weight excluding hydrogens is 475 g/mol. The van der Waals surface area contributed by atoms with E-state index in [4.69, 9.17) is 4.74 Å². The number of nitrogens with zero attached hydrogens (tertiary/aromatic N) is 2. The Kier molecular flexibility index (Phi) is 9.73. The predicted octanol–water partition coefficient (Wildman–Crippen LogP) is 3.40. The highest BCUT2D eigenvalue weighted by Crippen LogP contribution is 2.20. The Labute approximate surface area is 201 Å². The number of halogens is 5. The van der Waals surface area contributed by atoms with Crippen LogP contribution in [0.3, 0.4) is 0 Å². The van der Waals surface area contributed by atoms with E-state index in [2.05, 4.69) is 10.6 Å². The van der Waals surface area contributed by atoms with Gasteiger partial charge in [-0.2, -0.15) is 0 Å². The van der Waals surface area contributed by atoms with E-state index in [9.17, 15) is 31.5 Å². The number of amides is 2. The minimum atomic E-state index is -2.55. The van der Waals surface area contributed by atoms with Crippen LogP contribution >= 0.6 is 0 Å². The van der Waals surface area contributed by atoms with Crippen LogP contribution in [0.15, 0.2) is 24.0 Å². The van der Waals surface area contributed by atoms with Crippen molar-refractivity contribution in [3.05, 3.63) is 47.0 Å². The van der Waals surface area contributed by atoms with E-state index < -0.39 is 54.1 Å². The van der Waals surface area contributed by atoms with Crippen molar-refractivity contribution in [1.82, 2.24) is 20.4 Å². The van der Waals surface area contributed by atoms with Gasteiger partial charge in [-0.05, 0) is 38.8 Å². The van der Waals surface area contributed by atoms with E-state index in [0.29, 0.717) is 17.8 Å². The molecule has 1 atom stereocenters. The first kappa shape index (κ1) is 28.2. The minimum Gasteiger partial charge on any atom is -0.444 e. The molecule has 7 nitrogen and oxygen atoms in total. The first-order chi connectivity index (χ1) is 16.3. The summed E-state index contributed by atoms with van der Waals surface area (Å²) < 4.78 is 72.3. The lowest BCUT2D eigenvalue weighted by Crippen LogP contribution is -2.50. The van der Waals surface area contributed by atoms with Gasteiger partial charge in [-0.15, -0.1) is 0 Å². The Morgan fingerprint density at radius 2 is 1.77 bits per heavy atom. The number of hydrogen-bond acceptors (Lipinski definition) is 5. The summed E-state index contributed by atoms with van der Waals surface area (Å²) in [5.74, 6) is -4.08. The van der Waals surface area contributed by atoms with E-state index in [0.717, 1.165) is 0 Å². The van der Waals surface area contributed by atoms with Crippen molar-refractivity contribution in [1.29, 1.82) is 0 Å². The molecule has 2 N–H and O–H groups in total. The molecule has 0 aromatic heterocycles. The summed E-state index contributed by atoms with van der Waals surface area (Å²) >= 11 is 0. The largest absolute Gasteiger partial charge is 0.444 e. The van der Waals surface area contributed by atoms with Crippen LogP contribution in [-0.4, -0.2) is 73.1 Å². The van der Waals surface area contributed by atoms with E-state index >= 15 is 0 Å². The second kappa shape index (κ2) is 12.1. The Bertz CT molecular complexity index is 936. The van der Waals surface area contributed by atoms with Gasteiger partial charge in [-0.25, -0.2) is 26.7 Å². The lowest BCUT2D eigenvalue weighted by molar-refractivity contribution is -0.132. The van der Waals surface area contributed by atoms with E-state index in [-0.39, 0.29) is 38.0 Å². The van der Waals surface area contributed by atoms with Gasteiger partial charge in [0.25, 0.3) is 6.43 Å². The number of benzene rings is 1. The average Bonchev–Trinajstić information content (AvgIpc) is 2.71. The second-order valence-corrected chi connectivity index (χ2v) is 9.19. The third kappa shape index (κ3) is 8.91. The highest BCUT2D eigenvalue weighted by molar-refractivity contribution is 5.78. The quantitative estimate of drug-likeness (QED) is 0.418. The summed E-state index contributed by atoms with van der Waals surface area (Å²) in [6.07, 6.45) is -2.51. The number of ether oxygens (including phenoxy) is 1. The number of alkyl carbamates (subject to hydrolysis) is 1. The van der Waals surface area contributed by atoms with Gasteiger partial charge in [0.2, 0.25) is 5.91 Å². The van der Waals surface area contributed by atoms with Crippen LogP contribution in [0.2, 0.25) is 0 Å². The maximum Gasteiger partial charge on any atom is 0.407 e. The fourth-order valence-electron chi connectivity index (χ4n) is 3.63. The van der Waals surface area contributed by atoms with Gasteiger partial charge in [-0.3, -0.25) is 4.79 Å². The Hall–Kier alpha value is -3.05. The Balaban J connectivity index is 2.18. The number of piperazine rings is 1. The predicted molar refractivity (Wildman–Crippen MR) is 119 cm³/mol. The van der Waals surface area contributed by atoms with Crippen molar-refractivity contribution in [3.63, 3.8) is 0 Å². The third-order valence-corrected chi connectivity index (χ3v) is 5.12. The van der Waals surface area contributed by atoms with Crippen LogP contribution in [0.5, 0.6) is 0 Å². The van der Waals surface area contributed by atoms with Gasteiger partial charge in [0.15, 0.2) is 11.6 Å². The molecule has 0 bridgehead atoms. The number of nitrogens with one attached hydrogen (secondary N) is 2. The Morgan fingerprint density at radius 1 is 1.11 bits per heavy atom. The van der Waals surface area contributed by atoms with Gasteiger partial charge in [0.1, 0.15) is 11.4 Å². The topological polar surface area (TPSA) is 73.9 Å². The average molecular weight is 507 g/mol. The van der Waals surface area contributed by atoms with Crippen molar-refractivity contribution < 1.29 is 36.3 Å². The molecule has 2 amide bonds. The van der Waals surface area contributed by atoms with Crippen molar-refractivity contribution in [2.24, 2.45) is 0 Å². The molecule has 1 heterocycles. The van der Waals surface area contributed by atoms with Gasteiger partial charge in [0, 0.05) is 50.6 Å². The standard InChI is InChI=1S/C23H31F5N4O3/c1-23(2,3)35-22(34)30-15(7-14-8-18(25)19(26)10-17(14)24)9-21(33)32-6-5-31(13-20(27)28)16(12-32)11-29-4/h8,10-11,15,20,29H,5-7,9,12-13H2,1-4H3,(H,30,34)/b16-11-. The van der Waals surface area contributed by atoms with Gasteiger partial charge >= 0.3 is 6.09 Å². The molecule has 1 fully saturated rings. The molecule has 2 rings (SSSR count). The van der Waals surface area contributed by atoms with Gasteiger partial charge < -0.3 is 25.2 Å². The van der Waals surface area contributed by atoms with Crippen molar-refractivity contribution in [2.45, 2.75) is 51.7 Å². The number of carbonyl (C=O) groups is 2. The van der Waals surface area contributed by atoms with Crippen LogP contribution in [-0.2, 0) is 16.0 Å². The number of alkyl halides is 2. The fraction of sp³-hybridized carbons (Fsp3) is 0.565. The SMILES string of the molecule is CN/C=C1/CN(C(=O)CC(Cc2cc(F)c(F)cc2F)NC(=O)OC(C)(C)C)CCN1CC(F)F. The molecule has 0 spiro atoms. The summed E-state index contributed by atoms with van der Waals surface area (Å²) in [7, 11) is 1.60. The second-order valence-electron chi connectivity index (χ2n) is 9.19. The maximum absolute atomic E-state index is 14.2. The van der Waals surface area contributed by atoms with E-state index in [1.807, 2.05) is 0 Å². The summed E-state index contributed by atoms with van der Waals surface area (Å²) in [6, 6.07) is 0.0664. The lowest BCUT2D eigenvalue weighted by Gasteiger charge is -2.38. The van der Waals surface area contributed by atoms with Crippen LogP contribution in [0, 0.1) is 17.5 Å². The lowest BCUT2D eigenvalue weighted by atomic mass is 10.0. The van der Waals surface area contributed by atoms with Crippen LogP contribution in [0.25, 0.3) is 0 Å². The van der Waals surface area contributed by atoms with Crippen molar-refractivity contribution >= 4 is 12.0 Å².